The molecule has 5 nitrogen and oxygen atoms in total. The molecule has 0 bridgehead atoms. The Morgan fingerprint density at radius 3 is 3.06 bits per heavy atom. The number of methoxy groups -OCH3 is 1. The quantitative estimate of drug-likeness (QED) is 0.743. The van der Waals surface area contributed by atoms with E-state index in [1.807, 2.05) is 0 Å². The lowest BCUT2D eigenvalue weighted by molar-refractivity contribution is -0.147. The van der Waals surface area contributed by atoms with Gasteiger partial charge in [0.15, 0.2) is 0 Å². The first-order valence-electron chi connectivity index (χ1n) is 6.77. The van der Waals surface area contributed by atoms with Crippen molar-refractivity contribution in [2.75, 3.05) is 26.8 Å². The molecule has 1 saturated carbocycles. The predicted octanol–water partition coefficient (Wildman–Crippen LogP) is 0.520. The Balaban J connectivity index is 1.87. The predicted molar refractivity (Wildman–Crippen MR) is 68.2 cm³/mol. The summed E-state index contributed by atoms with van der Waals surface area (Å²) < 4.78 is 10.5. The average Bonchev–Trinajstić information content (AvgIpc) is 2.84. The minimum absolute atomic E-state index is 0.335. The van der Waals surface area contributed by atoms with Crippen LogP contribution < -0.4 is 5.73 Å². The Hall–Kier alpha value is -0.650. The first-order chi connectivity index (χ1) is 8.54. The SMILES string of the molecule is COC(=O)C(C)(N)CCN1CCOC2CCCC21. The van der Waals surface area contributed by atoms with Gasteiger partial charge in [0.2, 0.25) is 0 Å². The van der Waals surface area contributed by atoms with Crippen molar-refractivity contribution >= 4 is 5.97 Å². The maximum atomic E-state index is 11.5. The molecule has 0 aromatic carbocycles. The fourth-order valence-corrected chi connectivity index (χ4v) is 2.99. The summed E-state index contributed by atoms with van der Waals surface area (Å²) in [5.41, 5.74) is 5.10. The van der Waals surface area contributed by atoms with Crippen molar-refractivity contribution in [1.82, 2.24) is 4.90 Å². The molecule has 3 unspecified atom stereocenters. The number of rotatable bonds is 4. The van der Waals surface area contributed by atoms with Gasteiger partial charge in [0.05, 0.1) is 19.8 Å². The van der Waals surface area contributed by atoms with Crippen LogP contribution >= 0.6 is 0 Å². The Morgan fingerprint density at radius 2 is 2.33 bits per heavy atom. The van der Waals surface area contributed by atoms with Crippen LogP contribution in [-0.2, 0) is 14.3 Å². The van der Waals surface area contributed by atoms with Crippen LogP contribution in [0.3, 0.4) is 0 Å². The Bertz CT molecular complexity index is 307. The molecule has 2 fully saturated rings. The standard InChI is InChI=1S/C13H24N2O3/c1-13(14,12(16)17-2)6-7-15-8-9-18-11-5-3-4-10(11)15/h10-11H,3-9,14H2,1-2H3. The lowest BCUT2D eigenvalue weighted by Crippen LogP contribution is -2.53. The third-order valence-electron chi connectivity index (χ3n) is 4.17. The summed E-state index contributed by atoms with van der Waals surface area (Å²) in [5, 5.41) is 0. The van der Waals surface area contributed by atoms with Crippen molar-refractivity contribution < 1.29 is 14.3 Å². The minimum atomic E-state index is -0.888. The highest BCUT2D eigenvalue weighted by molar-refractivity contribution is 5.79. The number of esters is 1. The van der Waals surface area contributed by atoms with Gasteiger partial charge in [-0.2, -0.15) is 0 Å². The minimum Gasteiger partial charge on any atom is -0.468 e. The van der Waals surface area contributed by atoms with E-state index in [2.05, 4.69) is 4.90 Å². The first kappa shape index (κ1) is 13.8. The highest BCUT2D eigenvalue weighted by atomic mass is 16.5. The molecule has 2 rings (SSSR count). The van der Waals surface area contributed by atoms with E-state index in [1.165, 1.54) is 20.0 Å². The zero-order valence-corrected chi connectivity index (χ0v) is 11.4. The van der Waals surface area contributed by atoms with Gasteiger partial charge in [-0.1, -0.05) is 0 Å². The highest BCUT2D eigenvalue weighted by Crippen LogP contribution is 2.30. The molecule has 0 amide bonds. The van der Waals surface area contributed by atoms with Gasteiger partial charge in [-0.3, -0.25) is 9.69 Å². The van der Waals surface area contributed by atoms with Crippen LogP contribution in [-0.4, -0.2) is 55.4 Å². The number of nitrogens with zero attached hydrogens (tertiary/aromatic N) is 1. The summed E-state index contributed by atoms with van der Waals surface area (Å²) in [4.78, 5) is 14.0. The number of nitrogens with two attached hydrogens (primary N) is 1. The van der Waals surface area contributed by atoms with Crippen LogP contribution in [0.15, 0.2) is 0 Å². The Labute approximate surface area is 109 Å². The number of hydrogen-bond donors (Lipinski definition) is 1. The molecule has 0 aromatic heterocycles. The monoisotopic (exact) mass is 256 g/mol. The van der Waals surface area contributed by atoms with Gasteiger partial charge < -0.3 is 15.2 Å². The van der Waals surface area contributed by atoms with Gasteiger partial charge >= 0.3 is 5.97 Å². The number of carbonyl (C=O) groups excluding carboxylic acids is 1. The van der Waals surface area contributed by atoms with E-state index in [1.54, 1.807) is 6.92 Å². The zero-order valence-electron chi connectivity index (χ0n) is 11.4. The van der Waals surface area contributed by atoms with Crippen molar-refractivity contribution in [3.05, 3.63) is 0 Å². The molecule has 18 heavy (non-hydrogen) atoms. The molecule has 1 saturated heterocycles. The van der Waals surface area contributed by atoms with Crippen LogP contribution in [0.4, 0.5) is 0 Å². The third kappa shape index (κ3) is 2.84. The molecular weight excluding hydrogens is 232 g/mol. The molecule has 0 aromatic rings. The van der Waals surface area contributed by atoms with Gasteiger partial charge in [-0.05, 0) is 32.6 Å². The van der Waals surface area contributed by atoms with Gasteiger partial charge in [0.25, 0.3) is 0 Å². The van der Waals surface area contributed by atoms with Gasteiger partial charge in [-0.15, -0.1) is 0 Å². The Kier molecular flexibility index (Phi) is 4.25. The van der Waals surface area contributed by atoms with Crippen LogP contribution in [0.25, 0.3) is 0 Å². The molecule has 3 atom stereocenters. The van der Waals surface area contributed by atoms with E-state index in [0.717, 1.165) is 26.1 Å². The fourth-order valence-electron chi connectivity index (χ4n) is 2.99. The second-order valence-corrected chi connectivity index (χ2v) is 5.60. The van der Waals surface area contributed by atoms with Gasteiger partial charge in [0, 0.05) is 19.1 Å². The van der Waals surface area contributed by atoms with Crippen LogP contribution in [0.5, 0.6) is 0 Å². The molecule has 5 heteroatoms. The summed E-state index contributed by atoms with van der Waals surface area (Å²) in [6.07, 6.45) is 4.62. The van der Waals surface area contributed by atoms with Crippen LogP contribution in [0, 0.1) is 0 Å². The van der Waals surface area contributed by atoms with E-state index in [9.17, 15) is 4.79 Å². The van der Waals surface area contributed by atoms with Crippen molar-refractivity contribution in [2.24, 2.45) is 5.73 Å². The van der Waals surface area contributed by atoms with Crippen molar-refractivity contribution in [3.8, 4) is 0 Å². The first-order valence-corrected chi connectivity index (χ1v) is 6.77. The molecule has 1 heterocycles. The van der Waals surface area contributed by atoms with Gasteiger partial charge in [0.1, 0.15) is 5.54 Å². The van der Waals surface area contributed by atoms with Crippen LogP contribution in [0.1, 0.15) is 32.6 Å². The number of hydrogen-bond acceptors (Lipinski definition) is 5. The van der Waals surface area contributed by atoms with E-state index in [0.29, 0.717) is 18.6 Å². The second-order valence-electron chi connectivity index (χ2n) is 5.60. The summed E-state index contributed by atoms with van der Waals surface area (Å²) in [6, 6.07) is 0.521. The molecule has 0 radical (unpaired) electrons. The molecule has 1 aliphatic heterocycles. The fraction of sp³-hybridized carbons (Fsp3) is 0.923. The number of carbonyl (C=O) groups is 1. The summed E-state index contributed by atoms with van der Waals surface area (Å²) >= 11 is 0. The Morgan fingerprint density at radius 1 is 1.56 bits per heavy atom. The molecule has 2 aliphatic rings. The van der Waals surface area contributed by atoms with E-state index in [4.69, 9.17) is 15.2 Å². The molecule has 1 aliphatic carbocycles. The maximum absolute atomic E-state index is 11.5. The second kappa shape index (κ2) is 5.55. The van der Waals surface area contributed by atoms with Crippen molar-refractivity contribution in [3.63, 3.8) is 0 Å². The highest BCUT2D eigenvalue weighted by Gasteiger charge is 2.37. The van der Waals surface area contributed by atoms with Crippen molar-refractivity contribution in [1.29, 1.82) is 0 Å². The molecule has 0 spiro atoms. The third-order valence-corrected chi connectivity index (χ3v) is 4.17. The smallest absolute Gasteiger partial charge is 0.325 e. The summed E-state index contributed by atoms with van der Waals surface area (Å²) in [5.74, 6) is -0.335. The van der Waals surface area contributed by atoms with Crippen LogP contribution in [0.2, 0.25) is 0 Å². The average molecular weight is 256 g/mol. The number of morpholine rings is 1. The normalized spacial score (nSPS) is 31.7. The van der Waals surface area contributed by atoms with E-state index in [-0.39, 0.29) is 5.97 Å². The molecule has 104 valence electrons. The van der Waals surface area contributed by atoms with E-state index < -0.39 is 5.54 Å². The number of ether oxygens (including phenoxy) is 2. The summed E-state index contributed by atoms with van der Waals surface area (Å²) in [6.45, 7) is 4.32. The summed E-state index contributed by atoms with van der Waals surface area (Å²) in [7, 11) is 1.38. The van der Waals surface area contributed by atoms with Gasteiger partial charge in [-0.25, -0.2) is 0 Å². The van der Waals surface area contributed by atoms with E-state index >= 15 is 0 Å². The lowest BCUT2D eigenvalue weighted by Gasteiger charge is -2.38. The van der Waals surface area contributed by atoms with Crippen molar-refractivity contribution in [2.45, 2.75) is 50.3 Å². The zero-order chi connectivity index (χ0) is 13.2. The largest absolute Gasteiger partial charge is 0.468 e. The maximum Gasteiger partial charge on any atom is 0.325 e. The lowest BCUT2D eigenvalue weighted by atomic mass is 9.98. The number of fused-ring (bicyclic) bond motifs is 1. The molecular formula is C13H24N2O3. The molecule has 2 N–H and O–H groups in total. The topological polar surface area (TPSA) is 64.8 Å².